The zero-order valence-electron chi connectivity index (χ0n) is 14.5. The second-order valence-corrected chi connectivity index (χ2v) is 5.51. The summed E-state index contributed by atoms with van der Waals surface area (Å²) in [6.07, 6.45) is 1.04. The summed E-state index contributed by atoms with van der Waals surface area (Å²) in [6, 6.07) is 5.37. The molecule has 5 nitrogen and oxygen atoms in total. The van der Waals surface area contributed by atoms with Crippen molar-refractivity contribution in [2.75, 3.05) is 44.3 Å². The van der Waals surface area contributed by atoms with Gasteiger partial charge in [0.2, 0.25) is 0 Å². The highest BCUT2D eigenvalue weighted by atomic mass is 127. The smallest absolute Gasteiger partial charge is 0.191 e. The number of benzene rings is 1. The van der Waals surface area contributed by atoms with E-state index in [1.165, 1.54) is 0 Å². The highest BCUT2D eigenvalue weighted by Crippen LogP contribution is 2.21. The van der Waals surface area contributed by atoms with Gasteiger partial charge in [-0.15, -0.1) is 24.0 Å². The summed E-state index contributed by atoms with van der Waals surface area (Å²) >= 11 is 0. The molecular formula is C17H28FIN4O. The molecule has 0 radical (unpaired) electrons. The average Bonchev–Trinajstić information content (AvgIpc) is 2.58. The SMILES string of the molecule is CCCNC(=NCc1ccc(N2CCOCC2)c(F)c1)NCC.I. The Morgan fingerprint density at radius 3 is 2.62 bits per heavy atom. The van der Waals surface area contributed by atoms with Crippen LogP contribution in [-0.2, 0) is 11.3 Å². The lowest BCUT2D eigenvalue weighted by Gasteiger charge is -2.29. The maximum atomic E-state index is 14.3. The third-order valence-corrected chi connectivity index (χ3v) is 3.67. The van der Waals surface area contributed by atoms with Crippen LogP contribution in [0.4, 0.5) is 10.1 Å². The molecule has 136 valence electrons. The summed E-state index contributed by atoms with van der Waals surface area (Å²) < 4.78 is 19.7. The number of nitrogens with one attached hydrogen (secondary N) is 2. The van der Waals surface area contributed by atoms with Crippen molar-refractivity contribution >= 4 is 35.6 Å². The number of halogens is 2. The number of guanidine groups is 1. The molecule has 1 aliphatic rings. The van der Waals surface area contributed by atoms with Crippen LogP contribution in [0, 0.1) is 5.82 Å². The molecule has 7 heteroatoms. The van der Waals surface area contributed by atoms with Crippen LogP contribution in [0.3, 0.4) is 0 Å². The minimum Gasteiger partial charge on any atom is -0.378 e. The first kappa shape index (κ1) is 21.0. The second kappa shape index (κ2) is 11.5. The molecule has 1 aromatic rings. The number of hydrogen-bond acceptors (Lipinski definition) is 3. The van der Waals surface area contributed by atoms with Crippen molar-refractivity contribution in [3.63, 3.8) is 0 Å². The fourth-order valence-electron chi connectivity index (χ4n) is 2.46. The number of hydrogen-bond donors (Lipinski definition) is 2. The van der Waals surface area contributed by atoms with E-state index in [1.807, 2.05) is 24.0 Å². The van der Waals surface area contributed by atoms with Crippen LogP contribution < -0.4 is 15.5 Å². The van der Waals surface area contributed by atoms with Crippen molar-refractivity contribution in [3.05, 3.63) is 29.6 Å². The molecule has 1 aliphatic heterocycles. The van der Waals surface area contributed by atoms with Gasteiger partial charge in [-0.05, 0) is 31.0 Å². The van der Waals surface area contributed by atoms with Crippen molar-refractivity contribution in [1.82, 2.24) is 10.6 Å². The fraction of sp³-hybridized carbons (Fsp3) is 0.588. The molecule has 0 aromatic heterocycles. The summed E-state index contributed by atoms with van der Waals surface area (Å²) in [5.74, 6) is 0.582. The van der Waals surface area contributed by atoms with E-state index >= 15 is 0 Å². The lowest BCUT2D eigenvalue weighted by Crippen LogP contribution is -2.37. The molecule has 2 N–H and O–H groups in total. The first-order valence-electron chi connectivity index (χ1n) is 8.38. The lowest BCUT2D eigenvalue weighted by atomic mass is 10.1. The number of nitrogens with zero attached hydrogens (tertiary/aromatic N) is 2. The van der Waals surface area contributed by atoms with E-state index in [9.17, 15) is 4.39 Å². The number of anilines is 1. The number of rotatable bonds is 6. The van der Waals surface area contributed by atoms with Gasteiger partial charge in [0, 0.05) is 26.2 Å². The summed E-state index contributed by atoms with van der Waals surface area (Å²) in [4.78, 5) is 6.53. The fourth-order valence-corrected chi connectivity index (χ4v) is 2.46. The Bertz CT molecular complexity index is 521. The predicted octanol–water partition coefficient (Wildman–Crippen LogP) is 2.75. The standard InChI is InChI=1S/C17H27FN4O.HI/c1-3-7-20-17(19-4-2)21-13-14-5-6-16(15(18)12-14)22-8-10-23-11-9-22;/h5-6,12H,3-4,7-11,13H2,1-2H3,(H2,19,20,21);1H. The van der Waals surface area contributed by atoms with E-state index in [-0.39, 0.29) is 29.8 Å². The molecule has 0 spiro atoms. The summed E-state index contributed by atoms with van der Waals surface area (Å²) in [5.41, 5.74) is 1.52. The first-order chi connectivity index (χ1) is 11.2. The molecule has 0 saturated carbocycles. The molecule has 0 amide bonds. The van der Waals surface area contributed by atoms with E-state index < -0.39 is 0 Å². The van der Waals surface area contributed by atoms with E-state index in [0.29, 0.717) is 25.4 Å². The van der Waals surface area contributed by atoms with Crippen LogP contribution in [0.5, 0.6) is 0 Å². The van der Waals surface area contributed by atoms with Gasteiger partial charge in [0.15, 0.2) is 5.96 Å². The van der Waals surface area contributed by atoms with Crippen LogP contribution >= 0.6 is 24.0 Å². The third-order valence-electron chi connectivity index (χ3n) is 3.67. The van der Waals surface area contributed by atoms with Gasteiger partial charge in [0.25, 0.3) is 0 Å². The van der Waals surface area contributed by atoms with Crippen LogP contribution in [0.25, 0.3) is 0 Å². The third kappa shape index (κ3) is 6.43. The summed E-state index contributed by atoms with van der Waals surface area (Å²) in [6.45, 7) is 9.05. The van der Waals surface area contributed by atoms with E-state index in [4.69, 9.17) is 4.74 Å². The van der Waals surface area contributed by atoms with Gasteiger partial charge in [-0.1, -0.05) is 13.0 Å². The number of morpholine rings is 1. The lowest BCUT2D eigenvalue weighted by molar-refractivity contribution is 0.122. The molecule has 1 heterocycles. The molecular weight excluding hydrogens is 422 g/mol. The molecule has 1 fully saturated rings. The van der Waals surface area contributed by atoms with Gasteiger partial charge >= 0.3 is 0 Å². The first-order valence-corrected chi connectivity index (χ1v) is 8.38. The van der Waals surface area contributed by atoms with E-state index in [1.54, 1.807) is 6.07 Å². The molecule has 2 rings (SSSR count). The molecule has 1 saturated heterocycles. The maximum absolute atomic E-state index is 14.3. The van der Waals surface area contributed by atoms with Gasteiger partial charge in [-0.3, -0.25) is 0 Å². The Balaban J connectivity index is 0.00000288. The van der Waals surface area contributed by atoms with Crippen LogP contribution in [0.2, 0.25) is 0 Å². The van der Waals surface area contributed by atoms with Gasteiger partial charge in [-0.25, -0.2) is 9.38 Å². The summed E-state index contributed by atoms with van der Waals surface area (Å²) in [7, 11) is 0. The van der Waals surface area contributed by atoms with Crippen molar-refractivity contribution in [2.24, 2.45) is 4.99 Å². The van der Waals surface area contributed by atoms with Gasteiger partial charge < -0.3 is 20.3 Å². The second-order valence-electron chi connectivity index (χ2n) is 5.51. The Hall–Kier alpha value is -1.09. The van der Waals surface area contributed by atoms with Crippen molar-refractivity contribution in [3.8, 4) is 0 Å². The highest BCUT2D eigenvalue weighted by molar-refractivity contribution is 14.0. The number of ether oxygens (including phenoxy) is 1. The molecule has 0 bridgehead atoms. The minimum atomic E-state index is -0.189. The minimum absolute atomic E-state index is 0. The molecule has 1 aromatic carbocycles. The molecule has 0 aliphatic carbocycles. The molecule has 0 atom stereocenters. The summed E-state index contributed by atoms with van der Waals surface area (Å²) in [5, 5.41) is 6.43. The molecule has 24 heavy (non-hydrogen) atoms. The quantitative estimate of drug-likeness (QED) is 0.398. The Morgan fingerprint density at radius 1 is 1.25 bits per heavy atom. The zero-order chi connectivity index (χ0) is 16.5. The Labute approximate surface area is 161 Å². The number of aliphatic imine (C=N–C) groups is 1. The van der Waals surface area contributed by atoms with Crippen molar-refractivity contribution in [1.29, 1.82) is 0 Å². The topological polar surface area (TPSA) is 48.9 Å². The Kier molecular flexibility index (Phi) is 10.0. The van der Waals surface area contributed by atoms with Crippen molar-refractivity contribution in [2.45, 2.75) is 26.8 Å². The largest absolute Gasteiger partial charge is 0.378 e. The van der Waals surface area contributed by atoms with Gasteiger partial charge in [0.05, 0.1) is 25.4 Å². The average molecular weight is 450 g/mol. The van der Waals surface area contributed by atoms with E-state index in [0.717, 1.165) is 44.1 Å². The predicted molar refractivity (Wildman–Crippen MR) is 108 cm³/mol. The van der Waals surface area contributed by atoms with Crippen LogP contribution in [-0.4, -0.2) is 45.4 Å². The van der Waals surface area contributed by atoms with E-state index in [2.05, 4.69) is 22.5 Å². The maximum Gasteiger partial charge on any atom is 0.191 e. The van der Waals surface area contributed by atoms with Crippen molar-refractivity contribution < 1.29 is 9.13 Å². The van der Waals surface area contributed by atoms with Crippen LogP contribution in [0.1, 0.15) is 25.8 Å². The monoisotopic (exact) mass is 450 g/mol. The normalized spacial score (nSPS) is 15.0. The highest BCUT2D eigenvalue weighted by Gasteiger charge is 2.15. The molecule has 0 unspecified atom stereocenters. The zero-order valence-corrected chi connectivity index (χ0v) is 16.8. The Morgan fingerprint density at radius 2 is 2.00 bits per heavy atom. The van der Waals surface area contributed by atoms with Gasteiger partial charge in [-0.2, -0.15) is 0 Å². The van der Waals surface area contributed by atoms with Crippen LogP contribution in [0.15, 0.2) is 23.2 Å². The van der Waals surface area contributed by atoms with Gasteiger partial charge in [0.1, 0.15) is 5.82 Å².